The van der Waals surface area contributed by atoms with E-state index in [-0.39, 0.29) is 6.10 Å². The van der Waals surface area contributed by atoms with Crippen molar-refractivity contribution in [2.24, 2.45) is 0 Å². The van der Waals surface area contributed by atoms with Crippen LogP contribution in [0.15, 0.2) is 4.47 Å². The van der Waals surface area contributed by atoms with E-state index in [9.17, 15) is 0 Å². The molecule has 1 aliphatic heterocycles. The Morgan fingerprint density at radius 1 is 1.61 bits per heavy atom. The lowest BCUT2D eigenvalue weighted by atomic mass is 10.2. The minimum atomic E-state index is -0.00111. The minimum absolute atomic E-state index is 0.00111. The molecule has 1 fully saturated rings. The zero-order chi connectivity index (χ0) is 13.1. The van der Waals surface area contributed by atoms with E-state index in [1.165, 1.54) is 0 Å². The van der Waals surface area contributed by atoms with Gasteiger partial charge in [0.15, 0.2) is 0 Å². The first-order valence-electron chi connectivity index (χ1n) is 6.22. The van der Waals surface area contributed by atoms with Gasteiger partial charge in [0.1, 0.15) is 16.6 Å². The molecule has 1 unspecified atom stereocenters. The molecular weight excluding hydrogens is 314 g/mol. The second-order valence-electron chi connectivity index (χ2n) is 4.53. The molecule has 1 aliphatic rings. The highest BCUT2D eigenvalue weighted by molar-refractivity contribution is 9.10. The van der Waals surface area contributed by atoms with E-state index in [0.717, 1.165) is 48.7 Å². The van der Waals surface area contributed by atoms with Crippen molar-refractivity contribution in [3.05, 3.63) is 20.6 Å². The summed E-state index contributed by atoms with van der Waals surface area (Å²) in [4.78, 5) is 10.1. The summed E-state index contributed by atoms with van der Waals surface area (Å²) in [5, 5.41) is 0. The van der Waals surface area contributed by atoms with E-state index >= 15 is 0 Å². The number of ether oxygens (including phenoxy) is 1. The van der Waals surface area contributed by atoms with Crippen molar-refractivity contribution in [1.82, 2.24) is 14.9 Å². The molecule has 0 radical (unpaired) electrons. The second-order valence-corrected chi connectivity index (χ2v) is 5.71. The molecule has 0 aliphatic carbocycles. The van der Waals surface area contributed by atoms with Crippen LogP contribution in [-0.2, 0) is 4.74 Å². The largest absolute Gasteiger partial charge is 0.368 e. The van der Waals surface area contributed by atoms with Gasteiger partial charge in [-0.15, -0.1) is 0 Å². The van der Waals surface area contributed by atoms with E-state index in [4.69, 9.17) is 17.0 Å². The normalized spacial score (nSPS) is 21.2. The summed E-state index contributed by atoms with van der Waals surface area (Å²) in [7, 11) is 0. The topological polar surface area (TPSA) is 41.1 Å². The summed E-state index contributed by atoms with van der Waals surface area (Å²) in [5.74, 6) is 0.835. The smallest absolute Gasteiger partial charge is 0.144 e. The number of aryl methyl sites for hydroxylation is 1. The van der Waals surface area contributed by atoms with Gasteiger partial charge in [0, 0.05) is 18.8 Å². The predicted octanol–water partition coefficient (Wildman–Crippen LogP) is 2.99. The second kappa shape index (κ2) is 6.23. The standard InChI is InChI=1S/C12H18BrN3OS/c1-3-4-16-5-6-17-9(7-16)11-14-8(2)10(13)12(18)15-11/h9H,3-7H2,1-2H3,(H,14,15,18). The molecule has 1 aromatic heterocycles. The molecule has 4 nitrogen and oxygen atoms in total. The van der Waals surface area contributed by atoms with Gasteiger partial charge >= 0.3 is 0 Å². The zero-order valence-corrected chi connectivity index (χ0v) is 13.1. The van der Waals surface area contributed by atoms with Crippen molar-refractivity contribution in [2.45, 2.75) is 26.4 Å². The van der Waals surface area contributed by atoms with Crippen LogP contribution in [0.5, 0.6) is 0 Å². The highest BCUT2D eigenvalue weighted by atomic mass is 79.9. The maximum Gasteiger partial charge on any atom is 0.144 e. The molecule has 0 spiro atoms. The summed E-state index contributed by atoms with van der Waals surface area (Å²) in [6, 6.07) is 0. The van der Waals surface area contributed by atoms with Gasteiger partial charge in [0.05, 0.1) is 11.1 Å². The molecule has 1 aromatic rings. The fraction of sp³-hybridized carbons (Fsp3) is 0.667. The quantitative estimate of drug-likeness (QED) is 0.864. The summed E-state index contributed by atoms with van der Waals surface area (Å²) in [5.41, 5.74) is 1.00. The molecule has 18 heavy (non-hydrogen) atoms. The molecule has 2 rings (SSSR count). The van der Waals surface area contributed by atoms with E-state index in [1.54, 1.807) is 0 Å². The maximum atomic E-state index is 5.79. The highest BCUT2D eigenvalue weighted by Crippen LogP contribution is 2.22. The Hall–Kier alpha value is -0.300. The van der Waals surface area contributed by atoms with Crippen molar-refractivity contribution in [1.29, 1.82) is 0 Å². The maximum absolute atomic E-state index is 5.79. The van der Waals surface area contributed by atoms with Crippen LogP contribution in [0.1, 0.15) is 31.0 Å². The van der Waals surface area contributed by atoms with Crippen LogP contribution < -0.4 is 0 Å². The Kier molecular flexibility index (Phi) is 4.89. The van der Waals surface area contributed by atoms with E-state index < -0.39 is 0 Å². The monoisotopic (exact) mass is 331 g/mol. The number of aromatic amines is 1. The summed E-state index contributed by atoms with van der Waals surface area (Å²) < 4.78 is 7.25. The van der Waals surface area contributed by atoms with Crippen molar-refractivity contribution in [3.63, 3.8) is 0 Å². The van der Waals surface area contributed by atoms with Crippen LogP contribution in [0, 0.1) is 11.6 Å². The molecular formula is C12H18BrN3OS. The Balaban J connectivity index is 2.18. The fourth-order valence-electron chi connectivity index (χ4n) is 2.13. The predicted molar refractivity (Wildman–Crippen MR) is 77.3 cm³/mol. The van der Waals surface area contributed by atoms with Crippen molar-refractivity contribution >= 4 is 28.1 Å². The Bertz CT molecular complexity index is 475. The molecule has 6 heteroatoms. The number of aromatic nitrogens is 2. The number of hydrogen-bond acceptors (Lipinski definition) is 4. The number of halogens is 1. The van der Waals surface area contributed by atoms with Gasteiger partial charge in [-0.05, 0) is 35.8 Å². The van der Waals surface area contributed by atoms with Gasteiger partial charge in [-0.3, -0.25) is 4.90 Å². The first-order chi connectivity index (χ1) is 8.61. The fourth-order valence-corrected chi connectivity index (χ4v) is 2.57. The van der Waals surface area contributed by atoms with Crippen LogP contribution >= 0.6 is 28.1 Å². The third-order valence-electron chi connectivity index (χ3n) is 3.05. The van der Waals surface area contributed by atoms with Crippen LogP contribution in [-0.4, -0.2) is 41.1 Å². The number of hydrogen-bond donors (Lipinski definition) is 1. The van der Waals surface area contributed by atoms with Gasteiger partial charge in [-0.1, -0.05) is 19.1 Å². The molecule has 1 saturated heterocycles. The molecule has 0 bridgehead atoms. The van der Waals surface area contributed by atoms with Crippen LogP contribution in [0.2, 0.25) is 0 Å². The molecule has 0 amide bonds. The summed E-state index contributed by atoms with van der Waals surface area (Å²) in [6.07, 6.45) is 1.16. The summed E-state index contributed by atoms with van der Waals surface area (Å²) >= 11 is 8.66. The molecule has 1 atom stereocenters. The number of nitrogens with zero attached hydrogens (tertiary/aromatic N) is 2. The zero-order valence-electron chi connectivity index (χ0n) is 10.7. The molecule has 0 aromatic carbocycles. The van der Waals surface area contributed by atoms with Crippen LogP contribution in [0.4, 0.5) is 0 Å². The van der Waals surface area contributed by atoms with Crippen molar-refractivity contribution in [2.75, 3.05) is 26.2 Å². The van der Waals surface area contributed by atoms with Gasteiger partial charge in [-0.25, -0.2) is 4.98 Å². The first kappa shape index (κ1) is 14.1. The number of rotatable bonds is 3. The third-order valence-corrected chi connectivity index (χ3v) is 4.58. The van der Waals surface area contributed by atoms with Crippen molar-refractivity contribution < 1.29 is 4.74 Å². The third kappa shape index (κ3) is 3.17. The Labute approximate surface area is 121 Å². The van der Waals surface area contributed by atoms with E-state index in [1.807, 2.05) is 6.92 Å². The molecule has 0 saturated carbocycles. The molecule has 100 valence electrons. The van der Waals surface area contributed by atoms with Crippen LogP contribution in [0.25, 0.3) is 0 Å². The van der Waals surface area contributed by atoms with E-state index in [2.05, 4.69) is 37.7 Å². The summed E-state index contributed by atoms with van der Waals surface area (Å²) in [6.45, 7) is 7.92. The Morgan fingerprint density at radius 3 is 3.06 bits per heavy atom. The number of H-pyrrole nitrogens is 1. The van der Waals surface area contributed by atoms with Gasteiger partial charge in [-0.2, -0.15) is 0 Å². The van der Waals surface area contributed by atoms with Crippen LogP contribution in [0.3, 0.4) is 0 Å². The lowest BCUT2D eigenvalue weighted by Crippen LogP contribution is -2.39. The lowest BCUT2D eigenvalue weighted by Gasteiger charge is -2.32. The number of nitrogens with one attached hydrogen (secondary N) is 1. The van der Waals surface area contributed by atoms with Gasteiger partial charge < -0.3 is 9.72 Å². The number of morpholine rings is 1. The average molecular weight is 332 g/mol. The van der Waals surface area contributed by atoms with Crippen molar-refractivity contribution in [3.8, 4) is 0 Å². The van der Waals surface area contributed by atoms with Gasteiger partial charge in [0.25, 0.3) is 0 Å². The first-order valence-corrected chi connectivity index (χ1v) is 7.42. The Morgan fingerprint density at radius 2 is 2.39 bits per heavy atom. The minimum Gasteiger partial charge on any atom is -0.368 e. The average Bonchev–Trinajstić information content (AvgIpc) is 2.36. The highest BCUT2D eigenvalue weighted by Gasteiger charge is 2.23. The molecule has 1 N–H and O–H groups in total. The van der Waals surface area contributed by atoms with E-state index in [0.29, 0.717) is 4.64 Å². The SMILES string of the molecule is CCCN1CCOC(c2nc(=S)c(Br)c(C)[nH]2)C1. The lowest BCUT2D eigenvalue weighted by molar-refractivity contribution is -0.0343. The van der Waals surface area contributed by atoms with Gasteiger partial charge in [0.2, 0.25) is 0 Å². The molecule has 2 heterocycles.